The number of aryl methyl sites for hydroxylation is 1. The van der Waals surface area contributed by atoms with Crippen LogP contribution in [0.5, 0.6) is 0 Å². The molecule has 0 spiro atoms. The van der Waals surface area contributed by atoms with Crippen molar-refractivity contribution < 1.29 is 67.8 Å². The van der Waals surface area contributed by atoms with E-state index in [1.807, 2.05) is 19.9 Å². The van der Waals surface area contributed by atoms with Gasteiger partial charge in [0.1, 0.15) is 23.9 Å². The number of hydrogen-bond donors (Lipinski definition) is 4. The molecule has 318 valence electrons. The summed E-state index contributed by atoms with van der Waals surface area (Å²) in [4.78, 5) is 83.0. The van der Waals surface area contributed by atoms with Crippen LogP contribution in [0.15, 0.2) is 35.4 Å². The predicted molar refractivity (Wildman–Crippen MR) is 204 cm³/mol. The van der Waals surface area contributed by atoms with Crippen molar-refractivity contribution in [2.75, 3.05) is 6.61 Å². The van der Waals surface area contributed by atoms with E-state index in [-0.39, 0.29) is 54.4 Å². The minimum absolute atomic E-state index is 0.0371. The van der Waals surface area contributed by atoms with Crippen LogP contribution in [0, 0.1) is 22.7 Å². The molecule has 1 saturated heterocycles. The fourth-order valence-corrected chi connectivity index (χ4v) is 10.3. The van der Waals surface area contributed by atoms with Gasteiger partial charge in [-0.3, -0.25) is 19.2 Å². The SMILES string of the molecule is CC(=O)O[C@H]1C(=O)[C@@]2(C)[C@H]([C@@H]3OC(=O)c4cccc(c4)CCCCC(=O)N[C@@H](CC(C)C)[C@@H](O)C(=O)O[C@H]4CC3(O)C(C)(C)C1=C4C)[C@]1(OC(C)=O)CO[C@@H]1C[C@@H]2O. The highest BCUT2D eigenvalue weighted by Gasteiger charge is 2.78. The van der Waals surface area contributed by atoms with Crippen molar-refractivity contribution in [2.45, 2.75) is 154 Å². The van der Waals surface area contributed by atoms with E-state index in [4.69, 9.17) is 23.7 Å². The molecule has 1 unspecified atom stereocenters. The van der Waals surface area contributed by atoms with Crippen molar-refractivity contribution in [2.24, 2.45) is 22.7 Å². The second kappa shape index (κ2) is 15.8. The molecule has 0 aromatic heterocycles. The number of benzene rings is 1. The lowest BCUT2D eigenvalue weighted by Gasteiger charge is -2.67. The van der Waals surface area contributed by atoms with E-state index in [2.05, 4.69) is 5.32 Å². The number of hydrogen-bond acceptors (Lipinski definition) is 14. The number of fused-ring (bicyclic) bond motifs is 8. The first-order valence-corrected chi connectivity index (χ1v) is 20.2. The second-order valence-electron chi connectivity index (χ2n) is 18.0. The average Bonchev–Trinajstić information content (AvgIpc) is 3.13. The predicted octanol–water partition coefficient (Wildman–Crippen LogP) is 2.82. The van der Waals surface area contributed by atoms with Gasteiger partial charge in [0.05, 0.1) is 35.6 Å². The number of amides is 1. The summed E-state index contributed by atoms with van der Waals surface area (Å²) in [5.74, 6) is -6.43. The van der Waals surface area contributed by atoms with Gasteiger partial charge in [0.2, 0.25) is 5.91 Å². The van der Waals surface area contributed by atoms with Crippen LogP contribution < -0.4 is 5.32 Å². The largest absolute Gasteiger partial charge is 0.456 e. The average molecular weight is 812 g/mol. The van der Waals surface area contributed by atoms with Crippen LogP contribution in [0.3, 0.4) is 0 Å². The second-order valence-corrected chi connectivity index (χ2v) is 18.0. The zero-order valence-electron chi connectivity index (χ0n) is 34.5. The number of nitrogens with one attached hydrogen (secondary N) is 1. The topological polar surface area (TPSA) is 221 Å². The molecule has 5 bridgehead atoms. The van der Waals surface area contributed by atoms with E-state index in [1.54, 1.807) is 32.9 Å². The maximum absolute atomic E-state index is 15.4. The van der Waals surface area contributed by atoms with Crippen LogP contribution in [0.1, 0.15) is 110 Å². The number of ether oxygens (including phenoxy) is 5. The van der Waals surface area contributed by atoms with E-state index >= 15 is 4.79 Å². The Morgan fingerprint density at radius 1 is 1.00 bits per heavy atom. The number of aliphatic hydroxyl groups excluding tert-OH is 2. The van der Waals surface area contributed by atoms with Gasteiger partial charge in [-0.25, -0.2) is 9.59 Å². The molecule has 1 aromatic carbocycles. The number of carbonyl (C=O) groups excluding carboxylic acids is 6. The maximum Gasteiger partial charge on any atom is 0.338 e. The van der Waals surface area contributed by atoms with Crippen molar-refractivity contribution >= 4 is 35.6 Å². The highest BCUT2D eigenvalue weighted by molar-refractivity contribution is 5.95. The molecule has 5 aliphatic rings. The Balaban J connectivity index is 1.63. The summed E-state index contributed by atoms with van der Waals surface area (Å²) in [7, 11) is 0. The minimum Gasteiger partial charge on any atom is -0.456 e. The van der Waals surface area contributed by atoms with Crippen LogP contribution in [0.4, 0.5) is 0 Å². The van der Waals surface area contributed by atoms with Gasteiger partial charge in [-0.1, -0.05) is 39.8 Å². The molecule has 3 fully saturated rings. The fraction of sp³-hybridized carbons (Fsp3) is 0.674. The highest BCUT2D eigenvalue weighted by atomic mass is 16.6. The maximum atomic E-state index is 15.4. The van der Waals surface area contributed by atoms with Crippen LogP contribution in [-0.4, -0.2) is 111 Å². The number of carbonyl (C=O) groups is 6. The Morgan fingerprint density at radius 2 is 1.69 bits per heavy atom. The quantitative estimate of drug-likeness (QED) is 0.195. The van der Waals surface area contributed by atoms with Crippen molar-refractivity contribution in [3.63, 3.8) is 0 Å². The van der Waals surface area contributed by atoms with Crippen molar-refractivity contribution in [3.8, 4) is 0 Å². The van der Waals surface area contributed by atoms with Crippen molar-refractivity contribution in [1.82, 2.24) is 5.32 Å². The molecule has 4 N–H and O–H groups in total. The van der Waals surface area contributed by atoms with Gasteiger partial charge in [0.15, 0.2) is 23.6 Å². The molecule has 15 heteroatoms. The molecule has 2 aliphatic heterocycles. The molecule has 6 rings (SSSR count). The van der Waals surface area contributed by atoms with Gasteiger partial charge in [-0.05, 0) is 74.3 Å². The molecule has 15 nitrogen and oxygen atoms in total. The Kier molecular flexibility index (Phi) is 11.8. The molecular weight excluding hydrogens is 754 g/mol. The van der Waals surface area contributed by atoms with E-state index in [1.165, 1.54) is 19.9 Å². The number of ketones is 1. The Hall–Kier alpha value is -4.18. The third-order valence-corrected chi connectivity index (χ3v) is 13.4. The van der Waals surface area contributed by atoms with E-state index < -0.39 is 107 Å². The summed E-state index contributed by atoms with van der Waals surface area (Å²) >= 11 is 0. The monoisotopic (exact) mass is 811 g/mol. The van der Waals surface area contributed by atoms with Gasteiger partial charge in [-0.15, -0.1) is 0 Å². The lowest BCUT2D eigenvalue weighted by molar-refractivity contribution is -0.346. The van der Waals surface area contributed by atoms with Gasteiger partial charge < -0.3 is 44.3 Å². The Morgan fingerprint density at radius 3 is 2.31 bits per heavy atom. The van der Waals surface area contributed by atoms with Gasteiger partial charge >= 0.3 is 23.9 Å². The summed E-state index contributed by atoms with van der Waals surface area (Å²) in [6, 6.07) is 5.63. The Bertz CT molecular complexity index is 1890. The summed E-state index contributed by atoms with van der Waals surface area (Å²) in [5, 5.41) is 40.0. The number of esters is 4. The molecule has 11 atom stereocenters. The number of rotatable bonds is 4. The van der Waals surface area contributed by atoms with Gasteiger partial charge in [-0.2, -0.15) is 0 Å². The molecule has 1 amide bonds. The standard InChI is InChI=1S/C43H57NO14/c1-21(2)16-27-33(49)39(52)56-28-19-43(53)37(57-38(51)26-14-11-13-25(17-26)12-9-10-15-31(48)44-27)35-41(8,29(47)18-30-42(35,20-54-30)58-24(5)46)36(50)34(55-23(4)45)32(22(28)3)40(43,6)7/h11,13-14,17,21,27-30,33-35,37,47,49,53H,9-10,12,15-16,18-20H2,1-8H3,(H,44,48)/t27-,28-,29-,30+,33+,34+,35-,37-,41+,42-,43?/m0/s1. The van der Waals surface area contributed by atoms with Crippen LogP contribution in [0.2, 0.25) is 0 Å². The first-order chi connectivity index (χ1) is 27.1. The van der Waals surface area contributed by atoms with E-state index in [0.29, 0.717) is 19.3 Å². The molecule has 58 heavy (non-hydrogen) atoms. The first kappa shape index (κ1) is 43.4. The summed E-state index contributed by atoms with van der Waals surface area (Å²) in [6.45, 7) is 11.9. The lowest BCUT2D eigenvalue weighted by atomic mass is 9.44. The number of Topliss-reactive ketones (excluding diaryl/α,β-unsaturated/α-hetero) is 1. The van der Waals surface area contributed by atoms with E-state index in [0.717, 1.165) is 12.5 Å². The van der Waals surface area contributed by atoms with Crippen molar-refractivity contribution in [1.29, 1.82) is 0 Å². The minimum atomic E-state index is -2.34. The Labute approximate surface area is 338 Å². The lowest BCUT2D eigenvalue weighted by Crippen LogP contribution is -2.82. The third-order valence-electron chi connectivity index (χ3n) is 13.4. The fourth-order valence-electron chi connectivity index (χ4n) is 10.3. The molecule has 2 heterocycles. The molecule has 2 saturated carbocycles. The number of aliphatic hydroxyl groups is 3. The van der Waals surface area contributed by atoms with Gasteiger partial charge in [0, 0.05) is 38.5 Å². The zero-order chi connectivity index (χ0) is 42.7. The highest BCUT2D eigenvalue weighted by Crippen LogP contribution is 2.64. The molecular formula is C43H57NO14. The molecule has 3 aliphatic carbocycles. The zero-order valence-corrected chi connectivity index (χ0v) is 34.5. The summed E-state index contributed by atoms with van der Waals surface area (Å²) < 4.78 is 30.3. The van der Waals surface area contributed by atoms with Crippen LogP contribution >= 0.6 is 0 Å². The van der Waals surface area contributed by atoms with Crippen LogP contribution in [0.25, 0.3) is 0 Å². The normalized spacial score (nSPS) is 37.9. The van der Waals surface area contributed by atoms with Gasteiger partial charge in [0.25, 0.3) is 0 Å². The molecule has 1 aromatic rings. The van der Waals surface area contributed by atoms with E-state index in [9.17, 15) is 39.3 Å². The summed E-state index contributed by atoms with van der Waals surface area (Å²) in [6.07, 6.45) is -8.18. The van der Waals surface area contributed by atoms with Crippen LogP contribution in [-0.2, 0) is 54.1 Å². The summed E-state index contributed by atoms with van der Waals surface area (Å²) in [5.41, 5.74) is -6.60. The third kappa shape index (κ3) is 7.26. The smallest absolute Gasteiger partial charge is 0.338 e. The first-order valence-electron chi connectivity index (χ1n) is 20.2. The van der Waals surface area contributed by atoms with Crippen molar-refractivity contribution in [3.05, 3.63) is 46.5 Å². The molecule has 0 radical (unpaired) electrons.